The van der Waals surface area contributed by atoms with Crippen LogP contribution in [0.1, 0.15) is 42.0 Å². The van der Waals surface area contributed by atoms with Gasteiger partial charge in [0.2, 0.25) is 5.91 Å². The number of amides is 1. The van der Waals surface area contributed by atoms with Crippen molar-refractivity contribution < 1.29 is 4.79 Å². The van der Waals surface area contributed by atoms with Gasteiger partial charge in [0.15, 0.2) is 0 Å². The zero-order valence-electron chi connectivity index (χ0n) is 6.12. The van der Waals surface area contributed by atoms with Crippen molar-refractivity contribution in [2.24, 2.45) is 0 Å². The number of nitrogens with one attached hydrogen (secondary N) is 1. The maximum Gasteiger partial charge on any atom is 0.216 e. The standard InChI is InChI=1S/C3H7NO.C3H8.2CH4/c1-3(5)4-2;1-3-2;;/h1-2H3,(H,4,5);3H2,1-2H3;2*1H4. The van der Waals surface area contributed by atoms with Crippen molar-refractivity contribution in [1.82, 2.24) is 5.32 Å². The second-order valence-electron chi connectivity index (χ2n) is 1.51. The van der Waals surface area contributed by atoms with Gasteiger partial charge in [-0.05, 0) is 0 Å². The monoisotopic (exact) mass is 149 g/mol. The van der Waals surface area contributed by atoms with Crippen molar-refractivity contribution in [1.29, 1.82) is 0 Å². The molecule has 0 aromatic heterocycles. The molecule has 0 rings (SSSR count). The van der Waals surface area contributed by atoms with Crippen LogP contribution in [0.15, 0.2) is 0 Å². The van der Waals surface area contributed by atoms with E-state index in [2.05, 4.69) is 19.2 Å². The maximum atomic E-state index is 9.70. The molecule has 0 radical (unpaired) electrons. The molecule has 0 aliphatic heterocycles. The lowest BCUT2D eigenvalue weighted by atomic mass is 10.6. The van der Waals surface area contributed by atoms with E-state index in [1.807, 2.05) is 0 Å². The van der Waals surface area contributed by atoms with Gasteiger partial charge in [0.1, 0.15) is 0 Å². The van der Waals surface area contributed by atoms with E-state index in [-0.39, 0.29) is 20.8 Å². The minimum Gasteiger partial charge on any atom is -0.359 e. The fourth-order valence-electron chi connectivity index (χ4n) is 0. The lowest BCUT2D eigenvalue weighted by Gasteiger charge is -1.80. The van der Waals surface area contributed by atoms with E-state index >= 15 is 0 Å². The van der Waals surface area contributed by atoms with Crippen LogP contribution in [0.2, 0.25) is 0 Å². The molecule has 0 unspecified atom stereocenters. The normalized spacial score (nSPS) is 5.20. The Labute approximate surface area is 66.0 Å². The molecule has 0 aromatic carbocycles. The van der Waals surface area contributed by atoms with E-state index in [0.717, 1.165) is 0 Å². The van der Waals surface area contributed by atoms with Crippen LogP contribution in [0, 0.1) is 0 Å². The molecule has 0 spiro atoms. The molecular formula is C8H23NO. The SMILES string of the molecule is C.C.CCC.CNC(C)=O. The summed E-state index contributed by atoms with van der Waals surface area (Å²) in [5, 5.41) is 2.39. The summed E-state index contributed by atoms with van der Waals surface area (Å²) in [5.74, 6) is 0.00463. The molecule has 66 valence electrons. The zero-order valence-corrected chi connectivity index (χ0v) is 6.12. The summed E-state index contributed by atoms with van der Waals surface area (Å²) in [4.78, 5) is 9.70. The van der Waals surface area contributed by atoms with Gasteiger partial charge in [-0.3, -0.25) is 4.79 Å². The fourth-order valence-corrected chi connectivity index (χ4v) is 0. The van der Waals surface area contributed by atoms with Gasteiger partial charge in [0, 0.05) is 14.0 Å². The predicted molar refractivity (Wildman–Crippen MR) is 49.2 cm³/mol. The average Bonchev–Trinajstić information content (AvgIpc) is 1.69. The van der Waals surface area contributed by atoms with Gasteiger partial charge in [-0.15, -0.1) is 0 Å². The van der Waals surface area contributed by atoms with Crippen molar-refractivity contribution in [3.8, 4) is 0 Å². The summed E-state index contributed by atoms with van der Waals surface area (Å²) in [7, 11) is 1.60. The van der Waals surface area contributed by atoms with Crippen molar-refractivity contribution in [2.75, 3.05) is 7.05 Å². The predicted octanol–water partition coefficient (Wildman–Crippen LogP) is 2.44. The number of carbonyl (C=O) groups is 1. The molecular weight excluding hydrogens is 126 g/mol. The first kappa shape index (κ1) is 22.7. The Morgan fingerprint density at radius 3 is 1.40 bits per heavy atom. The summed E-state index contributed by atoms with van der Waals surface area (Å²) in [6.07, 6.45) is 1.25. The first-order valence-electron chi connectivity index (χ1n) is 2.87. The summed E-state index contributed by atoms with van der Waals surface area (Å²) < 4.78 is 0. The van der Waals surface area contributed by atoms with Crippen LogP contribution in [0.25, 0.3) is 0 Å². The molecule has 10 heavy (non-hydrogen) atoms. The number of rotatable bonds is 0. The van der Waals surface area contributed by atoms with Gasteiger partial charge in [0.05, 0.1) is 0 Å². The molecule has 0 aliphatic rings. The Kier molecular flexibility index (Phi) is 53.7. The summed E-state index contributed by atoms with van der Waals surface area (Å²) in [5.41, 5.74) is 0. The van der Waals surface area contributed by atoms with Crippen molar-refractivity contribution in [3.05, 3.63) is 0 Å². The van der Waals surface area contributed by atoms with E-state index in [0.29, 0.717) is 0 Å². The van der Waals surface area contributed by atoms with Crippen LogP contribution in [-0.4, -0.2) is 13.0 Å². The van der Waals surface area contributed by atoms with E-state index in [9.17, 15) is 4.79 Å². The van der Waals surface area contributed by atoms with Crippen LogP contribution >= 0.6 is 0 Å². The van der Waals surface area contributed by atoms with Gasteiger partial charge < -0.3 is 5.32 Å². The lowest BCUT2D eigenvalue weighted by Crippen LogP contribution is -2.11. The zero-order chi connectivity index (χ0) is 6.99. The van der Waals surface area contributed by atoms with Gasteiger partial charge in [-0.25, -0.2) is 0 Å². The van der Waals surface area contributed by atoms with E-state index < -0.39 is 0 Å². The van der Waals surface area contributed by atoms with Crippen LogP contribution < -0.4 is 5.32 Å². The molecule has 0 atom stereocenters. The summed E-state index contributed by atoms with van der Waals surface area (Å²) in [6.45, 7) is 5.72. The van der Waals surface area contributed by atoms with Gasteiger partial charge in [-0.1, -0.05) is 35.1 Å². The highest BCUT2D eigenvalue weighted by atomic mass is 16.1. The number of carbonyl (C=O) groups excluding carboxylic acids is 1. The van der Waals surface area contributed by atoms with E-state index in [1.54, 1.807) is 7.05 Å². The molecule has 1 amide bonds. The third-order valence-electron chi connectivity index (χ3n) is 0.352. The van der Waals surface area contributed by atoms with Gasteiger partial charge in [-0.2, -0.15) is 0 Å². The molecule has 0 fully saturated rings. The van der Waals surface area contributed by atoms with Gasteiger partial charge >= 0.3 is 0 Å². The Balaban J connectivity index is -0.0000000326. The van der Waals surface area contributed by atoms with Crippen molar-refractivity contribution in [3.63, 3.8) is 0 Å². The third kappa shape index (κ3) is 145. The van der Waals surface area contributed by atoms with Crippen LogP contribution in [0.4, 0.5) is 0 Å². The van der Waals surface area contributed by atoms with Crippen molar-refractivity contribution in [2.45, 2.75) is 42.0 Å². The smallest absolute Gasteiger partial charge is 0.216 e. The average molecular weight is 149 g/mol. The van der Waals surface area contributed by atoms with Crippen LogP contribution in [-0.2, 0) is 4.79 Å². The number of hydrogen-bond acceptors (Lipinski definition) is 1. The van der Waals surface area contributed by atoms with Crippen molar-refractivity contribution >= 4 is 5.91 Å². The molecule has 0 aromatic rings. The first-order valence-corrected chi connectivity index (χ1v) is 2.87. The highest BCUT2D eigenvalue weighted by Crippen LogP contribution is 1.56. The Morgan fingerprint density at radius 1 is 1.30 bits per heavy atom. The molecule has 2 heteroatoms. The maximum absolute atomic E-state index is 9.70. The Hall–Kier alpha value is -0.530. The second kappa shape index (κ2) is 23.7. The lowest BCUT2D eigenvalue weighted by molar-refractivity contribution is -0.118. The molecule has 0 saturated carbocycles. The minimum atomic E-state index is 0. The second-order valence-corrected chi connectivity index (χ2v) is 1.51. The Morgan fingerprint density at radius 2 is 1.40 bits per heavy atom. The van der Waals surface area contributed by atoms with Crippen LogP contribution in [0.5, 0.6) is 0 Å². The van der Waals surface area contributed by atoms with Crippen LogP contribution in [0.3, 0.4) is 0 Å². The number of hydrogen-bond donors (Lipinski definition) is 1. The molecule has 1 N–H and O–H groups in total. The molecule has 0 heterocycles. The largest absolute Gasteiger partial charge is 0.359 e. The topological polar surface area (TPSA) is 29.1 Å². The molecule has 2 nitrogen and oxygen atoms in total. The summed E-state index contributed by atoms with van der Waals surface area (Å²) in [6, 6.07) is 0. The molecule has 0 bridgehead atoms. The quantitative estimate of drug-likeness (QED) is 0.563. The van der Waals surface area contributed by atoms with Gasteiger partial charge in [0.25, 0.3) is 0 Å². The van der Waals surface area contributed by atoms with E-state index in [1.165, 1.54) is 13.3 Å². The molecule has 0 saturated heterocycles. The minimum absolute atomic E-state index is 0. The third-order valence-corrected chi connectivity index (χ3v) is 0.352. The molecule has 0 aliphatic carbocycles. The fraction of sp³-hybridized carbons (Fsp3) is 0.875. The first-order chi connectivity index (χ1) is 3.68. The van der Waals surface area contributed by atoms with E-state index in [4.69, 9.17) is 0 Å². The highest BCUT2D eigenvalue weighted by molar-refractivity contribution is 5.72. The highest BCUT2D eigenvalue weighted by Gasteiger charge is 1.72. The Bertz CT molecular complexity index is 53.2. The summed E-state index contributed by atoms with van der Waals surface area (Å²) >= 11 is 0.